The van der Waals surface area contributed by atoms with Crippen LogP contribution in [0.5, 0.6) is 11.5 Å². The second kappa shape index (κ2) is 6.93. The van der Waals surface area contributed by atoms with Gasteiger partial charge in [0.1, 0.15) is 17.3 Å². The predicted molar refractivity (Wildman–Crippen MR) is 87.0 cm³/mol. The summed E-state index contributed by atoms with van der Waals surface area (Å²) in [5.74, 6) is 1.90. The van der Waals surface area contributed by atoms with Crippen molar-refractivity contribution >= 4 is 0 Å². The van der Waals surface area contributed by atoms with Crippen LogP contribution in [0.3, 0.4) is 0 Å². The first-order chi connectivity index (χ1) is 10.7. The highest BCUT2D eigenvalue weighted by molar-refractivity contribution is 5.41. The van der Waals surface area contributed by atoms with Crippen LogP contribution in [0.2, 0.25) is 0 Å². The molecule has 0 aromatic heterocycles. The first kappa shape index (κ1) is 15.0. The SMILES string of the molecule is Cc1c(F)cccc1Oc1ccccc1CC1CCNCC1. The Morgan fingerprint density at radius 2 is 1.77 bits per heavy atom. The average molecular weight is 299 g/mol. The van der Waals surface area contributed by atoms with E-state index >= 15 is 0 Å². The van der Waals surface area contributed by atoms with E-state index < -0.39 is 0 Å². The Bertz CT molecular complexity index is 635. The maximum Gasteiger partial charge on any atom is 0.133 e. The van der Waals surface area contributed by atoms with Crippen LogP contribution in [0.1, 0.15) is 24.0 Å². The lowest BCUT2D eigenvalue weighted by atomic mass is 9.90. The number of piperidine rings is 1. The molecule has 2 nitrogen and oxygen atoms in total. The Balaban J connectivity index is 1.80. The zero-order valence-electron chi connectivity index (χ0n) is 12.9. The summed E-state index contributed by atoms with van der Waals surface area (Å²) in [6.07, 6.45) is 3.42. The number of halogens is 1. The van der Waals surface area contributed by atoms with Gasteiger partial charge in [0.2, 0.25) is 0 Å². The Labute approximate surface area is 131 Å². The molecular formula is C19H22FNO. The fourth-order valence-electron chi connectivity index (χ4n) is 2.99. The van der Waals surface area contributed by atoms with E-state index in [1.54, 1.807) is 13.0 Å². The molecule has 1 aliphatic heterocycles. The van der Waals surface area contributed by atoms with Gasteiger partial charge in [-0.05, 0) is 69.0 Å². The van der Waals surface area contributed by atoms with E-state index in [9.17, 15) is 4.39 Å². The minimum Gasteiger partial charge on any atom is -0.457 e. The van der Waals surface area contributed by atoms with E-state index in [0.29, 0.717) is 17.2 Å². The summed E-state index contributed by atoms with van der Waals surface area (Å²) in [4.78, 5) is 0. The van der Waals surface area contributed by atoms with Crippen molar-refractivity contribution in [1.29, 1.82) is 0 Å². The fraction of sp³-hybridized carbons (Fsp3) is 0.368. The third kappa shape index (κ3) is 3.47. The maximum atomic E-state index is 13.7. The number of hydrogen-bond acceptors (Lipinski definition) is 2. The predicted octanol–water partition coefficient (Wildman–Crippen LogP) is 4.47. The largest absolute Gasteiger partial charge is 0.457 e. The van der Waals surface area contributed by atoms with Crippen molar-refractivity contribution in [3.8, 4) is 11.5 Å². The first-order valence-corrected chi connectivity index (χ1v) is 7.95. The molecule has 116 valence electrons. The molecule has 2 aromatic rings. The van der Waals surface area contributed by atoms with Crippen LogP contribution in [-0.4, -0.2) is 13.1 Å². The van der Waals surface area contributed by atoms with Crippen LogP contribution in [0.15, 0.2) is 42.5 Å². The van der Waals surface area contributed by atoms with Crippen LogP contribution in [0.4, 0.5) is 4.39 Å². The van der Waals surface area contributed by atoms with Crippen molar-refractivity contribution in [2.75, 3.05) is 13.1 Å². The normalized spacial score (nSPS) is 15.7. The molecule has 1 aliphatic rings. The summed E-state index contributed by atoms with van der Waals surface area (Å²) < 4.78 is 19.7. The van der Waals surface area contributed by atoms with Crippen LogP contribution in [0, 0.1) is 18.7 Å². The van der Waals surface area contributed by atoms with Gasteiger partial charge in [0.15, 0.2) is 0 Å². The number of rotatable bonds is 4. The summed E-state index contributed by atoms with van der Waals surface area (Å²) >= 11 is 0. The number of nitrogens with one attached hydrogen (secondary N) is 1. The van der Waals surface area contributed by atoms with Crippen molar-refractivity contribution in [2.45, 2.75) is 26.2 Å². The molecule has 3 heteroatoms. The van der Waals surface area contributed by atoms with E-state index in [4.69, 9.17) is 4.74 Å². The molecule has 0 aliphatic carbocycles. The van der Waals surface area contributed by atoms with Crippen LogP contribution >= 0.6 is 0 Å². The lowest BCUT2D eigenvalue weighted by Gasteiger charge is -2.23. The first-order valence-electron chi connectivity index (χ1n) is 7.95. The highest BCUT2D eigenvalue weighted by Gasteiger charge is 2.16. The number of hydrogen-bond donors (Lipinski definition) is 1. The Morgan fingerprint density at radius 1 is 1.05 bits per heavy atom. The van der Waals surface area contributed by atoms with Crippen molar-refractivity contribution in [3.63, 3.8) is 0 Å². The second-order valence-electron chi connectivity index (χ2n) is 5.97. The van der Waals surface area contributed by atoms with Crippen molar-refractivity contribution in [1.82, 2.24) is 5.32 Å². The molecular weight excluding hydrogens is 277 g/mol. The van der Waals surface area contributed by atoms with Crippen LogP contribution in [0.25, 0.3) is 0 Å². The summed E-state index contributed by atoms with van der Waals surface area (Å²) in [6, 6.07) is 13.1. The van der Waals surface area contributed by atoms with Crippen LogP contribution in [-0.2, 0) is 6.42 Å². The molecule has 1 N–H and O–H groups in total. The lowest BCUT2D eigenvalue weighted by Crippen LogP contribution is -2.28. The molecule has 1 saturated heterocycles. The highest BCUT2D eigenvalue weighted by Crippen LogP contribution is 2.31. The molecule has 0 saturated carbocycles. The molecule has 3 rings (SSSR count). The van der Waals surface area contributed by atoms with Gasteiger partial charge in [-0.3, -0.25) is 0 Å². The molecule has 0 spiro atoms. The minimum atomic E-state index is -0.228. The molecule has 0 amide bonds. The standard InChI is InChI=1S/C19H22FNO/c1-14-17(20)6-4-8-18(14)22-19-7-3-2-5-16(19)13-15-9-11-21-12-10-15/h2-8,15,21H,9-13H2,1H3. The Hall–Kier alpha value is -1.87. The van der Waals surface area contributed by atoms with E-state index in [0.717, 1.165) is 25.3 Å². The average Bonchev–Trinajstić information content (AvgIpc) is 2.55. The number of ether oxygens (including phenoxy) is 1. The van der Waals surface area contributed by atoms with Crippen molar-refractivity contribution in [3.05, 3.63) is 59.4 Å². The van der Waals surface area contributed by atoms with Crippen molar-refractivity contribution in [2.24, 2.45) is 5.92 Å². The molecule has 0 bridgehead atoms. The highest BCUT2D eigenvalue weighted by atomic mass is 19.1. The number of benzene rings is 2. The quantitative estimate of drug-likeness (QED) is 0.899. The molecule has 0 radical (unpaired) electrons. The zero-order chi connectivity index (χ0) is 15.4. The topological polar surface area (TPSA) is 21.3 Å². The lowest BCUT2D eigenvalue weighted by molar-refractivity contribution is 0.367. The van der Waals surface area contributed by atoms with E-state index in [2.05, 4.69) is 11.4 Å². The van der Waals surface area contributed by atoms with Gasteiger partial charge in [-0.25, -0.2) is 4.39 Å². The van der Waals surface area contributed by atoms with E-state index in [1.807, 2.05) is 24.3 Å². The minimum absolute atomic E-state index is 0.228. The van der Waals surface area contributed by atoms with Gasteiger partial charge in [0.05, 0.1) is 0 Å². The fourth-order valence-corrected chi connectivity index (χ4v) is 2.99. The molecule has 0 atom stereocenters. The third-order valence-corrected chi connectivity index (χ3v) is 4.38. The molecule has 0 unspecified atom stereocenters. The van der Waals surface area contributed by atoms with Crippen molar-refractivity contribution < 1.29 is 9.13 Å². The van der Waals surface area contributed by atoms with E-state index in [-0.39, 0.29) is 5.82 Å². The van der Waals surface area contributed by atoms with Gasteiger partial charge in [-0.1, -0.05) is 24.3 Å². The summed E-state index contributed by atoms with van der Waals surface area (Å²) in [7, 11) is 0. The van der Waals surface area contributed by atoms with Gasteiger partial charge >= 0.3 is 0 Å². The van der Waals surface area contributed by atoms with Gasteiger partial charge in [0.25, 0.3) is 0 Å². The number of para-hydroxylation sites is 1. The van der Waals surface area contributed by atoms with Gasteiger partial charge in [0, 0.05) is 5.56 Å². The summed E-state index contributed by atoms with van der Waals surface area (Å²) in [5, 5.41) is 3.40. The Morgan fingerprint density at radius 3 is 2.59 bits per heavy atom. The summed E-state index contributed by atoms with van der Waals surface area (Å²) in [6.45, 7) is 3.94. The molecule has 2 aromatic carbocycles. The summed E-state index contributed by atoms with van der Waals surface area (Å²) in [5.41, 5.74) is 1.76. The second-order valence-corrected chi connectivity index (χ2v) is 5.97. The van der Waals surface area contributed by atoms with Gasteiger partial charge in [-0.2, -0.15) is 0 Å². The van der Waals surface area contributed by atoms with Gasteiger partial charge < -0.3 is 10.1 Å². The molecule has 22 heavy (non-hydrogen) atoms. The molecule has 1 heterocycles. The van der Waals surface area contributed by atoms with E-state index in [1.165, 1.54) is 24.5 Å². The molecule has 1 fully saturated rings. The third-order valence-electron chi connectivity index (χ3n) is 4.38. The van der Waals surface area contributed by atoms with Gasteiger partial charge in [-0.15, -0.1) is 0 Å². The van der Waals surface area contributed by atoms with Crippen LogP contribution < -0.4 is 10.1 Å². The smallest absolute Gasteiger partial charge is 0.133 e. The monoisotopic (exact) mass is 299 g/mol. The zero-order valence-corrected chi connectivity index (χ0v) is 12.9. The maximum absolute atomic E-state index is 13.7. The Kier molecular flexibility index (Phi) is 4.74.